The molecule has 1 fully saturated rings. The van der Waals surface area contributed by atoms with Gasteiger partial charge in [-0.25, -0.2) is 4.79 Å². The lowest BCUT2D eigenvalue weighted by Gasteiger charge is -2.24. The summed E-state index contributed by atoms with van der Waals surface area (Å²) in [6.45, 7) is 3.12. The van der Waals surface area contributed by atoms with Gasteiger partial charge in [-0.15, -0.1) is 0 Å². The standard InChI is InChI=1S/C13H23N3O5/c1-9-6-16(7-10(9)12(18)19)13(20)15(2)8-11(17)14-4-5-21-3/h9-10H,4-8H2,1-3H3,(H,14,17)(H,18,19)/t9-,10-/m1/s1. The van der Waals surface area contributed by atoms with Crippen LogP contribution < -0.4 is 5.32 Å². The first kappa shape index (κ1) is 17.2. The maximum Gasteiger partial charge on any atom is 0.320 e. The Kier molecular flexibility index (Phi) is 6.41. The third-order valence-corrected chi connectivity index (χ3v) is 3.54. The molecule has 1 rings (SSSR count). The third kappa shape index (κ3) is 4.89. The average Bonchev–Trinajstić information content (AvgIpc) is 2.80. The number of ether oxygens (including phenoxy) is 1. The molecular formula is C13H23N3O5. The van der Waals surface area contributed by atoms with Crippen LogP contribution in [-0.2, 0) is 14.3 Å². The van der Waals surface area contributed by atoms with E-state index >= 15 is 0 Å². The van der Waals surface area contributed by atoms with E-state index < -0.39 is 11.9 Å². The summed E-state index contributed by atoms with van der Waals surface area (Å²) in [7, 11) is 3.06. The van der Waals surface area contributed by atoms with Gasteiger partial charge in [-0.3, -0.25) is 9.59 Å². The molecule has 0 aromatic carbocycles. The van der Waals surface area contributed by atoms with Crippen LogP contribution in [0.15, 0.2) is 0 Å². The minimum Gasteiger partial charge on any atom is -0.481 e. The molecule has 0 saturated carbocycles. The quantitative estimate of drug-likeness (QED) is 0.642. The third-order valence-electron chi connectivity index (χ3n) is 3.54. The van der Waals surface area contributed by atoms with Crippen LogP contribution >= 0.6 is 0 Å². The van der Waals surface area contributed by atoms with E-state index in [9.17, 15) is 14.4 Å². The average molecular weight is 301 g/mol. The number of methoxy groups -OCH3 is 1. The van der Waals surface area contributed by atoms with Crippen molar-refractivity contribution in [2.24, 2.45) is 11.8 Å². The van der Waals surface area contributed by atoms with E-state index in [4.69, 9.17) is 9.84 Å². The van der Waals surface area contributed by atoms with Gasteiger partial charge in [0.15, 0.2) is 0 Å². The van der Waals surface area contributed by atoms with Crippen LogP contribution in [0.5, 0.6) is 0 Å². The predicted molar refractivity (Wildman–Crippen MR) is 74.8 cm³/mol. The normalized spacial score (nSPS) is 21.2. The van der Waals surface area contributed by atoms with Gasteiger partial charge in [-0.1, -0.05) is 6.92 Å². The Morgan fingerprint density at radius 2 is 2.05 bits per heavy atom. The largest absolute Gasteiger partial charge is 0.481 e. The summed E-state index contributed by atoms with van der Waals surface area (Å²) in [6.07, 6.45) is 0. The Hall–Kier alpha value is -1.83. The molecule has 1 heterocycles. The second-order valence-electron chi connectivity index (χ2n) is 5.31. The van der Waals surface area contributed by atoms with Crippen molar-refractivity contribution >= 4 is 17.9 Å². The van der Waals surface area contributed by atoms with E-state index in [1.165, 1.54) is 24.0 Å². The van der Waals surface area contributed by atoms with Crippen molar-refractivity contribution in [2.75, 3.05) is 46.9 Å². The number of nitrogens with one attached hydrogen (secondary N) is 1. The van der Waals surface area contributed by atoms with Crippen molar-refractivity contribution < 1.29 is 24.2 Å². The van der Waals surface area contributed by atoms with Crippen LogP contribution in [0.1, 0.15) is 6.92 Å². The number of carboxylic acids is 1. The van der Waals surface area contributed by atoms with E-state index in [2.05, 4.69) is 5.32 Å². The minimum absolute atomic E-state index is 0.0643. The van der Waals surface area contributed by atoms with Crippen molar-refractivity contribution in [3.05, 3.63) is 0 Å². The van der Waals surface area contributed by atoms with Crippen molar-refractivity contribution in [2.45, 2.75) is 6.92 Å². The first-order valence-electron chi connectivity index (χ1n) is 6.85. The highest BCUT2D eigenvalue weighted by Gasteiger charge is 2.37. The lowest BCUT2D eigenvalue weighted by Crippen LogP contribution is -2.45. The van der Waals surface area contributed by atoms with Gasteiger partial charge >= 0.3 is 12.0 Å². The highest BCUT2D eigenvalue weighted by molar-refractivity contribution is 5.84. The Morgan fingerprint density at radius 3 is 2.57 bits per heavy atom. The Bertz CT molecular complexity index is 401. The molecule has 1 aliphatic heterocycles. The van der Waals surface area contributed by atoms with Crippen LogP contribution in [0, 0.1) is 11.8 Å². The fourth-order valence-electron chi connectivity index (χ4n) is 2.32. The van der Waals surface area contributed by atoms with Gasteiger partial charge in [0, 0.05) is 33.8 Å². The topological polar surface area (TPSA) is 99.2 Å². The summed E-state index contributed by atoms with van der Waals surface area (Å²) in [6, 6.07) is -0.326. The van der Waals surface area contributed by atoms with Crippen LogP contribution in [-0.4, -0.2) is 79.8 Å². The second kappa shape index (κ2) is 7.82. The number of aliphatic carboxylic acids is 1. The number of rotatable bonds is 6. The van der Waals surface area contributed by atoms with Crippen LogP contribution in [0.4, 0.5) is 4.79 Å². The number of nitrogens with zero attached hydrogens (tertiary/aromatic N) is 2. The van der Waals surface area contributed by atoms with Crippen molar-refractivity contribution in [1.82, 2.24) is 15.1 Å². The maximum atomic E-state index is 12.2. The van der Waals surface area contributed by atoms with Gasteiger partial charge in [0.25, 0.3) is 0 Å². The molecule has 0 aliphatic carbocycles. The molecule has 0 bridgehead atoms. The molecule has 3 amide bonds. The maximum absolute atomic E-state index is 12.2. The van der Waals surface area contributed by atoms with Crippen molar-refractivity contribution in [1.29, 1.82) is 0 Å². The lowest BCUT2D eigenvalue weighted by molar-refractivity contribution is -0.142. The molecule has 0 spiro atoms. The number of carbonyl (C=O) groups is 3. The molecule has 21 heavy (non-hydrogen) atoms. The number of likely N-dealkylation sites (N-methyl/N-ethyl adjacent to an activating group) is 1. The SMILES string of the molecule is COCCNC(=O)CN(C)C(=O)N1C[C@@H](C)[C@H](C(=O)O)C1. The first-order chi connectivity index (χ1) is 9.86. The van der Waals surface area contributed by atoms with Gasteiger partial charge in [0.05, 0.1) is 12.5 Å². The predicted octanol–water partition coefficient (Wildman–Crippen LogP) is -0.547. The number of likely N-dealkylation sites (tertiary alicyclic amines) is 1. The zero-order valence-corrected chi connectivity index (χ0v) is 12.7. The summed E-state index contributed by atoms with van der Waals surface area (Å²) in [4.78, 5) is 37.6. The van der Waals surface area contributed by atoms with Gasteiger partial charge in [0.2, 0.25) is 5.91 Å². The molecule has 1 saturated heterocycles. The minimum atomic E-state index is -0.891. The zero-order chi connectivity index (χ0) is 16.0. The zero-order valence-electron chi connectivity index (χ0n) is 12.7. The first-order valence-corrected chi connectivity index (χ1v) is 6.85. The van der Waals surface area contributed by atoms with Gasteiger partial charge in [0.1, 0.15) is 6.54 Å². The second-order valence-corrected chi connectivity index (χ2v) is 5.31. The van der Waals surface area contributed by atoms with E-state index in [1.807, 2.05) is 6.92 Å². The van der Waals surface area contributed by atoms with Crippen molar-refractivity contribution in [3.8, 4) is 0 Å². The van der Waals surface area contributed by atoms with E-state index in [0.29, 0.717) is 19.7 Å². The molecule has 0 aromatic heterocycles. The number of carboxylic acid groups (broad SMARTS) is 1. The number of carbonyl (C=O) groups excluding carboxylic acids is 2. The van der Waals surface area contributed by atoms with E-state index in [-0.39, 0.29) is 30.9 Å². The number of urea groups is 1. The molecule has 8 heteroatoms. The molecule has 0 unspecified atom stereocenters. The smallest absolute Gasteiger partial charge is 0.320 e. The summed E-state index contributed by atoms with van der Waals surface area (Å²) in [5.74, 6) is -1.80. The Balaban J connectivity index is 2.44. The summed E-state index contributed by atoms with van der Waals surface area (Å²) in [5, 5.41) is 11.7. The fourth-order valence-corrected chi connectivity index (χ4v) is 2.32. The highest BCUT2D eigenvalue weighted by atomic mass is 16.5. The Labute approximate surface area is 124 Å². The summed E-state index contributed by atoms with van der Waals surface area (Å²) < 4.78 is 4.81. The molecule has 2 N–H and O–H groups in total. The van der Waals surface area contributed by atoms with Gasteiger partial charge < -0.3 is 25.0 Å². The number of hydrogen-bond acceptors (Lipinski definition) is 4. The monoisotopic (exact) mass is 301 g/mol. The highest BCUT2D eigenvalue weighted by Crippen LogP contribution is 2.23. The number of amides is 3. The molecule has 1 aliphatic rings. The molecule has 0 aromatic rings. The summed E-state index contributed by atoms with van der Waals surface area (Å²) >= 11 is 0. The van der Waals surface area contributed by atoms with Crippen LogP contribution in [0.25, 0.3) is 0 Å². The molecule has 8 nitrogen and oxygen atoms in total. The molecular weight excluding hydrogens is 278 g/mol. The van der Waals surface area contributed by atoms with Crippen LogP contribution in [0.3, 0.4) is 0 Å². The lowest BCUT2D eigenvalue weighted by atomic mass is 9.99. The van der Waals surface area contributed by atoms with E-state index in [0.717, 1.165) is 0 Å². The molecule has 2 atom stereocenters. The van der Waals surface area contributed by atoms with Crippen molar-refractivity contribution in [3.63, 3.8) is 0 Å². The van der Waals surface area contributed by atoms with Gasteiger partial charge in [-0.05, 0) is 5.92 Å². The molecule has 120 valence electrons. The van der Waals surface area contributed by atoms with E-state index in [1.54, 1.807) is 0 Å². The fraction of sp³-hybridized carbons (Fsp3) is 0.769. The molecule has 0 radical (unpaired) electrons. The van der Waals surface area contributed by atoms with Crippen LogP contribution in [0.2, 0.25) is 0 Å². The number of hydrogen-bond donors (Lipinski definition) is 2. The van der Waals surface area contributed by atoms with Gasteiger partial charge in [-0.2, -0.15) is 0 Å². The Morgan fingerprint density at radius 1 is 1.38 bits per heavy atom. The summed E-state index contributed by atoms with van der Waals surface area (Å²) in [5.41, 5.74) is 0.